The summed E-state index contributed by atoms with van der Waals surface area (Å²) in [6.45, 7) is 18.8. The molecular weight excluding hydrogens is 911 g/mol. The van der Waals surface area contributed by atoms with E-state index in [1.165, 1.54) is 6.92 Å². The molecule has 0 aromatic heterocycles. The molecule has 21 heteroatoms. The van der Waals surface area contributed by atoms with Crippen LogP contribution in [0.25, 0.3) is 0 Å². The highest BCUT2D eigenvalue weighted by atomic mass is 32.1. The first-order valence-corrected chi connectivity index (χ1v) is 24.6. The summed E-state index contributed by atoms with van der Waals surface area (Å²) in [4.78, 5) is 120. The van der Waals surface area contributed by atoms with Crippen LogP contribution in [-0.4, -0.2) is 130 Å². The monoisotopic (exact) mass is 992 g/mol. The van der Waals surface area contributed by atoms with E-state index in [2.05, 4.69) is 55.2 Å². The first-order valence-electron chi connectivity index (χ1n) is 24.0. The Hall–Kier alpha value is -5.28. The van der Waals surface area contributed by atoms with Crippen LogP contribution >= 0.6 is 12.6 Å². The van der Waals surface area contributed by atoms with Gasteiger partial charge in [-0.1, -0.05) is 112 Å². The van der Waals surface area contributed by atoms with Crippen LogP contribution in [-0.2, 0) is 49.6 Å². The molecule has 0 aliphatic rings. The number of carbonyl (C=O) groups is 9. The fourth-order valence-corrected chi connectivity index (χ4v) is 7.42. The van der Waals surface area contributed by atoms with Gasteiger partial charge >= 0.3 is 5.97 Å². The van der Waals surface area contributed by atoms with Crippen molar-refractivity contribution in [3.8, 4) is 0 Å². The molecule has 0 spiro atoms. The summed E-state index contributed by atoms with van der Waals surface area (Å²) in [5.41, 5.74) is 6.73. The summed E-state index contributed by atoms with van der Waals surface area (Å²) >= 11 is 4.15. The van der Waals surface area contributed by atoms with E-state index >= 15 is 0 Å². The predicted molar refractivity (Wildman–Crippen MR) is 265 cm³/mol. The molecule has 0 saturated carbocycles. The standard InChI is InChI=1S/C48H81N9O11S/c1-12-28(9)38(46(65)57-40(30(11)58)47(66)54-36(24-69)45(64)56-39(48(67)68)29(10)13-2)55-44(63)34(21-27(7)8)53-43(62)35(22-31-17-15-14-16-18-31)51-37(59)23-50-42(61)33(20-26(5)6)52-41(60)32(49)19-25(3)4/h14-18,25-30,32-36,38-40,58,69H,12-13,19-24,49H2,1-11H3,(H,50,61)(H,51,59)(H,52,60)(H,53,62)(H,54,66)(H,55,63)(H,56,64)(H,57,65)(H,67,68)/t28-,29-,30+,32-,33-,34-,35-,36-,38-,39-,40-/m0/s1. The molecule has 20 nitrogen and oxygen atoms in total. The molecule has 390 valence electrons. The molecule has 0 unspecified atom stereocenters. The summed E-state index contributed by atoms with van der Waals surface area (Å²) < 4.78 is 0. The maximum Gasteiger partial charge on any atom is 0.326 e. The van der Waals surface area contributed by atoms with Crippen molar-refractivity contribution >= 4 is 65.9 Å². The lowest BCUT2D eigenvalue weighted by Gasteiger charge is -2.30. The molecule has 0 bridgehead atoms. The Kier molecular flexibility index (Phi) is 27.8. The molecule has 1 aromatic rings. The molecule has 8 amide bonds. The number of thiol groups is 1. The third-order valence-electron chi connectivity index (χ3n) is 11.5. The van der Waals surface area contributed by atoms with E-state index in [0.717, 1.165) is 0 Å². The number of hydrogen-bond acceptors (Lipinski definition) is 12. The molecule has 0 aliphatic heterocycles. The van der Waals surface area contributed by atoms with E-state index in [9.17, 15) is 53.4 Å². The number of amides is 8. The van der Waals surface area contributed by atoms with Gasteiger partial charge in [0, 0.05) is 12.2 Å². The van der Waals surface area contributed by atoms with E-state index in [0.29, 0.717) is 24.8 Å². The smallest absolute Gasteiger partial charge is 0.326 e. The minimum atomic E-state index is -1.63. The molecule has 1 aromatic carbocycles. The highest BCUT2D eigenvalue weighted by molar-refractivity contribution is 7.80. The quantitative estimate of drug-likeness (QED) is 0.0458. The van der Waals surface area contributed by atoms with Crippen molar-refractivity contribution in [2.24, 2.45) is 35.3 Å². The number of aliphatic carboxylic acids is 1. The SMILES string of the molecule is CC[C@H](C)[C@H](NC(=O)[C@H](CS)NC(=O)[C@@H](NC(=O)[C@@H](NC(=O)[C@H](CC(C)C)NC(=O)[C@H](Cc1ccccc1)NC(=O)CNC(=O)[C@H](CC(C)C)NC(=O)[C@@H](N)CC(C)C)[C@@H](C)CC)[C@@H](C)O)C(=O)O. The van der Waals surface area contributed by atoms with Crippen LogP contribution in [0, 0.1) is 29.6 Å². The van der Waals surface area contributed by atoms with Crippen molar-refractivity contribution in [2.75, 3.05) is 12.3 Å². The van der Waals surface area contributed by atoms with Gasteiger partial charge in [0.05, 0.1) is 18.7 Å². The van der Waals surface area contributed by atoms with E-state index in [1.807, 2.05) is 41.5 Å². The molecule has 1 rings (SSSR count). The molecule has 0 saturated heterocycles. The van der Waals surface area contributed by atoms with Gasteiger partial charge in [0.25, 0.3) is 0 Å². The molecule has 0 heterocycles. The molecule has 0 radical (unpaired) electrons. The van der Waals surface area contributed by atoms with Gasteiger partial charge in [0.2, 0.25) is 47.3 Å². The lowest BCUT2D eigenvalue weighted by molar-refractivity contribution is -0.143. The number of benzene rings is 1. The van der Waals surface area contributed by atoms with Crippen LogP contribution in [0.15, 0.2) is 30.3 Å². The van der Waals surface area contributed by atoms with Crippen molar-refractivity contribution in [3.63, 3.8) is 0 Å². The van der Waals surface area contributed by atoms with Gasteiger partial charge in [-0.25, -0.2) is 4.79 Å². The number of nitrogens with one attached hydrogen (secondary N) is 8. The Morgan fingerprint density at radius 3 is 1.46 bits per heavy atom. The van der Waals surface area contributed by atoms with Gasteiger partial charge in [0.15, 0.2) is 0 Å². The van der Waals surface area contributed by atoms with Crippen molar-refractivity contribution in [1.82, 2.24) is 42.5 Å². The number of carboxylic acid groups (broad SMARTS) is 1. The van der Waals surface area contributed by atoms with Crippen molar-refractivity contribution in [3.05, 3.63) is 35.9 Å². The first-order chi connectivity index (χ1) is 32.3. The van der Waals surface area contributed by atoms with Gasteiger partial charge in [-0.2, -0.15) is 12.6 Å². The zero-order valence-electron chi connectivity index (χ0n) is 42.2. The van der Waals surface area contributed by atoms with Crippen LogP contribution in [0.4, 0.5) is 0 Å². The fourth-order valence-electron chi connectivity index (χ4n) is 7.16. The maximum atomic E-state index is 14.2. The molecule has 69 heavy (non-hydrogen) atoms. The highest BCUT2D eigenvalue weighted by Gasteiger charge is 2.37. The average Bonchev–Trinajstić information content (AvgIpc) is 3.27. The number of aliphatic hydroxyl groups is 1. The van der Waals surface area contributed by atoms with Crippen LogP contribution in [0.1, 0.15) is 114 Å². The second-order valence-electron chi connectivity index (χ2n) is 19.2. The van der Waals surface area contributed by atoms with E-state index in [4.69, 9.17) is 5.73 Å². The summed E-state index contributed by atoms with van der Waals surface area (Å²) in [5, 5.41) is 41.0. The normalized spacial score (nSPS) is 16.2. The molecule has 0 aliphatic carbocycles. The Morgan fingerprint density at radius 2 is 0.971 bits per heavy atom. The number of nitrogens with two attached hydrogens (primary N) is 1. The van der Waals surface area contributed by atoms with Gasteiger partial charge in [0.1, 0.15) is 42.3 Å². The van der Waals surface area contributed by atoms with Crippen LogP contribution < -0.4 is 48.3 Å². The van der Waals surface area contributed by atoms with Crippen LogP contribution in [0.2, 0.25) is 0 Å². The Bertz CT molecular complexity index is 1850. The Labute approximate surface area is 413 Å². The lowest BCUT2D eigenvalue weighted by atomic mass is 9.96. The summed E-state index contributed by atoms with van der Waals surface area (Å²) in [6, 6.07) is -1.00. The van der Waals surface area contributed by atoms with Crippen LogP contribution in [0.3, 0.4) is 0 Å². The first kappa shape index (κ1) is 61.7. The number of hydrogen-bond donors (Lipinski definition) is 12. The Morgan fingerprint density at radius 1 is 0.536 bits per heavy atom. The summed E-state index contributed by atoms with van der Waals surface area (Å²) in [5.74, 6) is -8.49. The molecule has 12 N–H and O–H groups in total. The molecular formula is C48H81N9O11S. The van der Waals surface area contributed by atoms with Crippen LogP contribution in [0.5, 0.6) is 0 Å². The number of carbonyl (C=O) groups excluding carboxylic acids is 8. The zero-order valence-corrected chi connectivity index (χ0v) is 43.1. The topological polar surface area (TPSA) is 316 Å². The van der Waals surface area contributed by atoms with Gasteiger partial charge < -0.3 is 58.5 Å². The number of carboxylic acids is 1. The Balaban J connectivity index is 3.33. The minimum Gasteiger partial charge on any atom is -0.480 e. The third-order valence-corrected chi connectivity index (χ3v) is 11.9. The third kappa shape index (κ3) is 22.3. The van der Waals surface area contributed by atoms with Gasteiger partial charge in [-0.3, -0.25) is 38.4 Å². The van der Waals surface area contributed by atoms with E-state index < -0.39 is 126 Å². The number of rotatable bonds is 31. The van der Waals surface area contributed by atoms with Crippen molar-refractivity contribution < 1.29 is 53.4 Å². The second kappa shape index (κ2) is 31.0. The zero-order chi connectivity index (χ0) is 52.7. The maximum absolute atomic E-state index is 14.2. The molecule has 11 atom stereocenters. The highest BCUT2D eigenvalue weighted by Crippen LogP contribution is 2.14. The lowest BCUT2D eigenvalue weighted by Crippen LogP contribution is -2.63. The summed E-state index contributed by atoms with van der Waals surface area (Å²) in [7, 11) is 0. The molecule has 0 fully saturated rings. The van der Waals surface area contributed by atoms with Gasteiger partial charge in [-0.15, -0.1) is 0 Å². The summed E-state index contributed by atoms with van der Waals surface area (Å²) in [6.07, 6.45) is 0.0885. The largest absolute Gasteiger partial charge is 0.480 e. The fraction of sp³-hybridized carbons (Fsp3) is 0.688. The van der Waals surface area contributed by atoms with Crippen molar-refractivity contribution in [2.45, 2.75) is 169 Å². The van der Waals surface area contributed by atoms with Crippen molar-refractivity contribution in [1.29, 1.82) is 0 Å². The van der Waals surface area contributed by atoms with E-state index in [-0.39, 0.29) is 42.8 Å². The number of aliphatic hydroxyl groups excluding tert-OH is 1. The average molecular weight is 992 g/mol. The van der Waals surface area contributed by atoms with Gasteiger partial charge in [-0.05, 0) is 61.3 Å². The van der Waals surface area contributed by atoms with E-state index in [1.54, 1.807) is 58.0 Å². The second-order valence-corrected chi connectivity index (χ2v) is 19.6. The minimum absolute atomic E-state index is 0.00278. The predicted octanol–water partition coefficient (Wildman–Crippen LogP) is 0.692.